The molecule has 2 aromatic carbocycles. The molecule has 0 spiro atoms. The van der Waals surface area contributed by atoms with Gasteiger partial charge in [0.1, 0.15) is 5.75 Å². The number of anilines is 1. The highest BCUT2D eigenvalue weighted by Crippen LogP contribution is 2.40. The molecule has 0 radical (unpaired) electrons. The Morgan fingerprint density at radius 1 is 1.10 bits per heavy atom. The molecule has 0 amide bonds. The summed E-state index contributed by atoms with van der Waals surface area (Å²) >= 11 is 0. The predicted octanol–water partition coefficient (Wildman–Crippen LogP) is 3.85. The third-order valence-electron chi connectivity index (χ3n) is 6.67. The lowest BCUT2D eigenvalue weighted by atomic mass is 9.92. The molecule has 5 rings (SSSR count). The average Bonchev–Trinajstić information content (AvgIpc) is 3.26. The van der Waals surface area contributed by atoms with Crippen molar-refractivity contribution in [1.29, 1.82) is 0 Å². The number of rotatable bonds is 4. The molecule has 3 aliphatic heterocycles. The minimum atomic E-state index is -0.0125. The van der Waals surface area contributed by atoms with Crippen LogP contribution in [0.15, 0.2) is 60.2 Å². The van der Waals surface area contributed by atoms with Gasteiger partial charge < -0.3 is 9.64 Å². The van der Waals surface area contributed by atoms with Crippen LogP contribution in [-0.2, 0) is 17.8 Å². The molecule has 3 heterocycles. The predicted molar refractivity (Wildman–Crippen MR) is 115 cm³/mol. The number of nitrogens with zero attached hydrogens (tertiary/aromatic N) is 2. The molecular formula is C25H28N2O2. The fourth-order valence-electron chi connectivity index (χ4n) is 5.04. The monoisotopic (exact) mass is 388 g/mol. The molecular weight excluding hydrogens is 360 g/mol. The van der Waals surface area contributed by atoms with Crippen LogP contribution in [0.3, 0.4) is 0 Å². The van der Waals surface area contributed by atoms with Crippen molar-refractivity contribution in [2.45, 2.75) is 31.8 Å². The number of ketones is 1. The standard InChI is InChI=1S/C25H28N2O2/c1-29-22-8-7-20-14-24-25(28)21(17-27(24)23(20)15-22)13-18-9-11-26(12-10-18)16-19-5-3-2-4-6-19/h2-8,13,15,18,24H,9-12,14,16-17H2,1H3. The van der Waals surface area contributed by atoms with E-state index in [2.05, 4.69) is 58.3 Å². The van der Waals surface area contributed by atoms with Crippen molar-refractivity contribution in [3.63, 3.8) is 0 Å². The average molecular weight is 389 g/mol. The van der Waals surface area contributed by atoms with Crippen molar-refractivity contribution in [3.05, 3.63) is 71.3 Å². The van der Waals surface area contributed by atoms with Crippen LogP contribution in [0.5, 0.6) is 5.75 Å². The molecule has 0 aliphatic carbocycles. The van der Waals surface area contributed by atoms with Gasteiger partial charge in [-0.2, -0.15) is 0 Å². The van der Waals surface area contributed by atoms with Gasteiger partial charge >= 0.3 is 0 Å². The number of fused-ring (bicyclic) bond motifs is 3. The molecule has 29 heavy (non-hydrogen) atoms. The molecule has 3 aliphatic rings. The summed E-state index contributed by atoms with van der Waals surface area (Å²) in [7, 11) is 1.69. The van der Waals surface area contributed by atoms with E-state index in [4.69, 9.17) is 4.74 Å². The van der Waals surface area contributed by atoms with Crippen molar-refractivity contribution in [1.82, 2.24) is 4.90 Å². The van der Waals surface area contributed by atoms with Crippen molar-refractivity contribution in [3.8, 4) is 5.75 Å². The zero-order chi connectivity index (χ0) is 19.8. The van der Waals surface area contributed by atoms with Crippen LogP contribution < -0.4 is 9.64 Å². The van der Waals surface area contributed by atoms with E-state index in [1.54, 1.807) is 7.11 Å². The first-order valence-corrected chi connectivity index (χ1v) is 10.7. The number of carbonyl (C=O) groups is 1. The first-order valence-electron chi connectivity index (χ1n) is 10.7. The largest absolute Gasteiger partial charge is 0.497 e. The van der Waals surface area contributed by atoms with E-state index in [9.17, 15) is 4.79 Å². The molecule has 0 saturated carbocycles. The Hall–Kier alpha value is -2.59. The highest BCUT2D eigenvalue weighted by atomic mass is 16.5. The number of carbonyl (C=O) groups excluding carboxylic acids is 1. The zero-order valence-electron chi connectivity index (χ0n) is 17.0. The maximum absolute atomic E-state index is 13.0. The number of ether oxygens (including phenoxy) is 1. The number of hydrogen-bond donors (Lipinski definition) is 0. The van der Waals surface area contributed by atoms with Gasteiger partial charge in [-0.05, 0) is 49.0 Å². The van der Waals surface area contributed by atoms with Crippen LogP contribution in [0.25, 0.3) is 0 Å². The summed E-state index contributed by atoms with van der Waals surface area (Å²) in [6.07, 6.45) is 5.39. The van der Waals surface area contributed by atoms with Gasteiger partial charge in [-0.25, -0.2) is 0 Å². The number of allylic oxidation sites excluding steroid dienone is 1. The van der Waals surface area contributed by atoms with Gasteiger partial charge in [-0.1, -0.05) is 42.5 Å². The third kappa shape index (κ3) is 3.58. The molecule has 2 aromatic rings. The summed E-state index contributed by atoms with van der Waals surface area (Å²) in [6.45, 7) is 3.97. The summed E-state index contributed by atoms with van der Waals surface area (Å²) in [6, 6.07) is 16.8. The van der Waals surface area contributed by atoms with Crippen LogP contribution in [0.2, 0.25) is 0 Å². The van der Waals surface area contributed by atoms with E-state index < -0.39 is 0 Å². The summed E-state index contributed by atoms with van der Waals surface area (Å²) in [4.78, 5) is 17.8. The lowest BCUT2D eigenvalue weighted by Gasteiger charge is -2.31. The normalized spacial score (nSPS) is 23.5. The van der Waals surface area contributed by atoms with Crippen LogP contribution >= 0.6 is 0 Å². The van der Waals surface area contributed by atoms with E-state index in [0.717, 1.165) is 56.8 Å². The van der Waals surface area contributed by atoms with Crippen molar-refractivity contribution >= 4 is 11.5 Å². The summed E-state index contributed by atoms with van der Waals surface area (Å²) in [5, 5.41) is 0. The number of likely N-dealkylation sites (tertiary alicyclic amines) is 1. The van der Waals surface area contributed by atoms with Crippen LogP contribution in [0.4, 0.5) is 5.69 Å². The first kappa shape index (κ1) is 18.4. The van der Waals surface area contributed by atoms with Gasteiger partial charge in [-0.3, -0.25) is 9.69 Å². The maximum atomic E-state index is 13.0. The molecule has 1 atom stereocenters. The van der Waals surface area contributed by atoms with E-state index in [-0.39, 0.29) is 6.04 Å². The third-order valence-corrected chi connectivity index (χ3v) is 6.67. The smallest absolute Gasteiger partial charge is 0.183 e. The summed E-state index contributed by atoms with van der Waals surface area (Å²) in [5.74, 6) is 1.71. The Balaban J connectivity index is 1.23. The molecule has 0 bridgehead atoms. The van der Waals surface area contributed by atoms with Gasteiger partial charge in [0.2, 0.25) is 0 Å². The number of Topliss-reactive ketones (excluding diaryl/α,β-unsaturated/α-hetero) is 1. The minimum Gasteiger partial charge on any atom is -0.497 e. The van der Waals surface area contributed by atoms with Crippen molar-refractivity contribution in [2.24, 2.45) is 5.92 Å². The lowest BCUT2D eigenvalue weighted by Crippen LogP contribution is -2.32. The second-order valence-corrected chi connectivity index (χ2v) is 8.50. The number of methoxy groups -OCH3 is 1. The SMILES string of the molecule is COc1ccc2c(c1)N1CC(=CC3CCN(Cc4ccccc4)CC3)C(=O)C1C2. The minimum absolute atomic E-state index is 0.0125. The summed E-state index contributed by atoms with van der Waals surface area (Å²) in [5.41, 5.74) is 4.83. The Morgan fingerprint density at radius 2 is 1.90 bits per heavy atom. The van der Waals surface area contributed by atoms with E-state index in [1.165, 1.54) is 16.8 Å². The fourth-order valence-corrected chi connectivity index (χ4v) is 5.04. The Morgan fingerprint density at radius 3 is 2.66 bits per heavy atom. The quantitative estimate of drug-likeness (QED) is 0.745. The Bertz CT molecular complexity index is 929. The number of hydrogen-bond acceptors (Lipinski definition) is 4. The van der Waals surface area contributed by atoms with Crippen molar-refractivity contribution < 1.29 is 9.53 Å². The second-order valence-electron chi connectivity index (χ2n) is 8.50. The molecule has 4 heteroatoms. The fraction of sp³-hybridized carbons (Fsp3) is 0.400. The molecule has 1 unspecified atom stereocenters. The molecule has 150 valence electrons. The second kappa shape index (κ2) is 7.68. The number of piperidine rings is 1. The van der Waals surface area contributed by atoms with Crippen LogP contribution in [-0.4, -0.2) is 43.5 Å². The lowest BCUT2D eigenvalue weighted by molar-refractivity contribution is -0.115. The van der Waals surface area contributed by atoms with Gasteiger partial charge in [0.05, 0.1) is 13.2 Å². The first-order chi connectivity index (χ1) is 14.2. The molecule has 0 N–H and O–H groups in total. The topological polar surface area (TPSA) is 32.8 Å². The Labute approximate surface area is 172 Å². The zero-order valence-corrected chi connectivity index (χ0v) is 17.0. The van der Waals surface area contributed by atoms with Gasteiger partial charge in [0.25, 0.3) is 0 Å². The Kier molecular flexibility index (Phi) is 4.88. The molecule has 4 nitrogen and oxygen atoms in total. The molecule has 2 saturated heterocycles. The summed E-state index contributed by atoms with van der Waals surface area (Å²) < 4.78 is 5.38. The highest BCUT2D eigenvalue weighted by molar-refractivity contribution is 6.07. The molecule has 0 aromatic heterocycles. The van der Waals surface area contributed by atoms with Crippen LogP contribution in [0, 0.1) is 5.92 Å². The van der Waals surface area contributed by atoms with Gasteiger partial charge in [0.15, 0.2) is 5.78 Å². The van der Waals surface area contributed by atoms with Gasteiger partial charge in [0, 0.05) is 36.8 Å². The van der Waals surface area contributed by atoms with E-state index in [1.807, 2.05) is 6.07 Å². The van der Waals surface area contributed by atoms with Crippen LogP contribution in [0.1, 0.15) is 24.0 Å². The maximum Gasteiger partial charge on any atom is 0.183 e. The number of benzene rings is 2. The van der Waals surface area contributed by atoms with Crippen molar-refractivity contribution in [2.75, 3.05) is 31.6 Å². The molecule has 2 fully saturated rings. The van der Waals surface area contributed by atoms with E-state index >= 15 is 0 Å². The van der Waals surface area contributed by atoms with Gasteiger partial charge in [-0.15, -0.1) is 0 Å². The van der Waals surface area contributed by atoms with E-state index in [0.29, 0.717) is 11.7 Å². The highest BCUT2D eigenvalue weighted by Gasteiger charge is 2.42.